The summed E-state index contributed by atoms with van der Waals surface area (Å²) < 4.78 is 0. The summed E-state index contributed by atoms with van der Waals surface area (Å²) in [7, 11) is 0. The van der Waals surface area contributed by atoms with Crippen LogP contribution in [0.4, 0.5) is 5.69 Å². The van der Waals surface area contributed by atoms with Gasteiger partial charge in [-0.3, -0.25) is 4.79 Å². The summed E-state index contributed by atoms with van der Waals surface area (Å²) in [6.45, 7) is 0. The number of nitrogens with two attached hydrogens (primary N) is 1. The predicted octanol–water partition coefficient (Wildman–Crippen LogP) is 5.40. The molecule has 0 saturated carbocycles. The van der Waals surface area contributed by atoms with Crippen LogP contribution in [-0.4, -0.2) is 5.78 Å². The van der Waals surface area contributed by atoms with Crippen LogP contribution in [0.25, 0.3) is 32.3 Å². The highest BCUT2D eigenvalue weighted by Crippen LogP contribution is 2.38. The fourth-order valence-corrected chi connectivity index (χ4v) is 3.82. The molecular weight excluding hydrogens is 306 g/mol. The number of hydrogen-bond acceptors (Lipinski definition) is 2. The summed E-state index contributed by atoms with van der Waals surface area (Å²) in [5.74, 6) is -0.0314. The first-order chi connectivity index (χ1) is 12.2. The SMILES string of the molecule is Nc1cc2ccc3cccc4ccc(c1C(=O)c1ccccc1)c2c34. The molecule has 25 heavy (non-hydrogen) atoms. The normalized spacial score (nSPS) is 11.5. The topological polar surface area (TPSA) is 43.1 Å². The largest absolute Gasteiger partial charge is 0.398 e. The van der Waals surface area contributed by atoms with Gasteiger partial charge in [0.2, 0.25) is 0 Å². The molecule has 5 aromatic carbocycles. The van der Waals surface area contributed by atoms with Crippen molar-refractivity contribution in [1.29, 1.82) is 0 Å². The third-order valence-electron chi connectivity index (χ3n) is 4.94. The Balaban J connectivity index is 1.94. The molecule has 0 bridgehead atoms. The van der Waals surface area contributed by atoms with Crippen LogP contribution in [-0.2, 0) is 0 Å². The summed E-state index contributed by atoms with van der Waals surface area (Å²) >= 11 is 0. The molecule has 0 aliphatic carbocycles. The lowest BCUT2D eigenvalue weighted by Crippen LogP contribution is -2.06. The Labute approximate surface area is 144 Å². The number of hydrogen-bond donors (Lipinski definition) is 1. The molecule has 0 spiro atoms. The summed E-state index contributed by atoms with van der Waals surface area (Å²) in [4.78, 5) is 13.1. The molecule has 0 unspecified atom stereocenters. The first-order valence-corrected chi connectivity index (χ1v) is 8.30. The van der Waals surface area contributed by atoms with Gasteiger partial charge in [0.25, 0.3) is 0 Å². The van der Waals surface area contributed by atoms with E-state index in [1.807, 2.05) is 42.5 Å². The fourth-order valence-electron chi connectivity index (χ4n) is 3.82. The van der Waals surface area contributed by atoms with Crippen LogP contribution in [0.2, 0.25) is 0 Å². The van der Waals surface area contributed by atoms with Crippen molar-refractivity contribution in [1.82, 2.24) is 0 Å². The molecule has 2 nitrogen and oxygen atoms in total. The minimum Gasteiger partial charge on any atom is -0.398 e. The number of anilines is 1. The maximum absolute atomic E-state index is 13.1. The Hall–Kier alpha value is -3.39. The molecule has 5 rings (SSSR count). The molecule has 118 valence electrons. The summed E-state index contributed by atoms with van der Waals surface area (Å²) in [5, 5.41) is 6.66. The van der Waals surface area contributed by atoms with E-state index in [0.29, 0.717) is 16.8 Å². The van der Waals surface area contributed by atoms with Gasteiger partial charge in [-0.15, -0.1) is 0 Å². The van der Waals surface area contributed by atoms with Gasteiger partial charge in [0.1, 0.15) is 0 Å². The van der Waals surface area contributed by atoms with Crippen LogP contribution in [0, 0.1) is 0 Å². The third-order valence-corrected chi connectivity index (χ3v) is 4.94. The van der Waals surface area contributed by atoms with Gasteiger partial charge in [0.15, 0.2) is 5.78 Å². The molecule has 2 heteroatoms. The van der Waals surface area contributed by atoms with Gasteiger partial charge in [0.05, 0.1) is 5.56 Å². The van der Waals surface area contributed by atoms with Crippen LogP contribution < -0.4 is 5.73 Å². The van der Waals surface area contributed by atoms with Gasteiger partial charge < -0.3 is 5.73 Å². The average Bonchev–Trinajstić information content (AvgIpc) is 2.66. The zero-order chi connectivity index (χ0) is 17.0. The molecule has 0 aliphatic heterocycles. The number of ketones is 1. The second-order valence-electron chi connectivity index (χ2n) is 6.39. The monoisotopic (exact) mass is 321 g/mol. The van der Waals surface area contributed by atoms with Gasteiger partial charge in [-0.05, 0) is 38.4 Å². The molecule has 0 saturated heterocycles. The van der Waals surface area contributed by atoms with Gasteiger partial charge in [-0.25, -0.2) is 0 Å². The summed E-state index contributed by atoms with van der Waals surface area (Å²) in [5.41, 5.74) is 8.09. The molecule has 0 aliphatic rings. The minimum absolute atomic E-state index is 0.0314. The van der Waals surface area contributed by atoms with E-state index in [1.54, 1.807) is 0 Å². The van der Waals surface area contributed by atoms with Gasteiger partial charge in [0, 0.05) is 11.3 Å². The van der Waals surface area contributed by atoms with E-state index in [0.717, 1.165) is 16.2 Å². The van der Waals surface area contributed by atoms with Crippen LogP contribution in [0.3, 0.4) is 0 Å². The van der Waals surface area contributed by atoms with Crippen molar-refractivity contribution < 1.29 is 4.79 Å². The molecule has 0 atom stereocenters. The highest BCUT2D eigenvalue weighted by Gasteiger charge is 2.19. The second kappa shape index (κ2) is 5.05. The van der Waals surface area contributed by atoms with Crippen LogP contribution >= 0.6 is 0 Å². The maximum Gasteiger partial charge on any atom is 0.195 e. The van der Waals surface area contributed by atoms with Crippen molar-refractivity contribution in [3.63, 3.8) is 0 Å². The van der Waals surface area contributed by atoms with E-state index in [1.165, 1.54) is 16.2 Å². The zero-order valence-electron chi connectivity index (χ0n) is 13.5. The van der Waals surface area contributed by atoms with Crippen molar-refractivity contribution in [2.75, 3.05) is 5.73 Å². The molecule has 2 N–H and O–H groups in total. The Morgan fingerprint density at radius 2 is 1.36 bits per heavy atom. The van der Waals surface area contributed by atoms with E-state index < -0.39 is 0 Å². The first-order valence-electron chi connectivity index (χ1n) is 8.30. The van der Waals surface area contributed by atoms with Crippen molar-refractivity contribution in [2.24, 2.45) is 0 Å². The molecule has 0 heterocycles. The van der Waals surface area contributed by atoms with Crippen molar-refractivity contribution in [3.05, 3.63) is 90.0 Å². The lowest BCUT2D eigenvalue weighted by Gasteiger charge is -2.15. The van der Waals surface area contributed by atoms with Crippen LogP contribution in [0.5, 0.6) is 0 Å². The standard InChI is InChI=1S/C23H15NO/c24-19-13-17-10-9-14-7-4-8-15-11-12-18(21(17)20(14)15)22(19)23(25)16-5-2-1-3-6-16/h1-13H,24H2. The molecule has 0 amide bonds. The number of carbonyl (C=O) groups excluding carboxylic acids is 1. The average molecular weight is 321 g/mol. The Morgan fingerprint density at radius 3 is 2.12 bits per heavy atom. The van der Waals surface area contributed by atoms with Crippen molar-refractivity contribution >= 4 is 43.8 Å². The van der Waals surface area contributed by atoms with Crippen LogP contribution in [0.1, 0.15) is 15.9 Å². The summed E-state index contributed by atoms with van der Waals surface area (Å²) in [6.07, 6.45) is 0. The van der Waals surface area contributed by atoms with E-state index in [4.69, 9.17) is 5.73 Å². The highest BCUT2D eigenvalue weighted by atomic mass is 16.1. The first kappa shape index (κ1) is 14.0. The molecule has 5 aromatic rings. The number of benzene rings is 5. The fraction of sp³-hybridized carbons (Fsp3) is 0. The van der Waals surface area contributed by atoms with Crippen molar-refractivity contribution in [2.45, 2.75) is 0 Å². The van der Waals surface area contributed by atoms with Gasteiger partial charge in [-0.1, -0.05) is 72.8 Å². The number of carbonyl (C=O) groups is 1. The summed E-state index contributed by atoms with van der Waals surface area (Å²) in [6, 6.07) is 25.8. The van der Waals surface area contributed by atoms with Gasteiger partial charge in [-0.2, -0.15) is 0 Å². The smallest absolute Gasteiger partial charge is 0.195 e. The van der Waals surface area contributed by atoms with Crippen LogP contribution in [0.15, 0.2) is 78.9 Å². The van der Waals surface area contributed by atoms with Crippen molar-refractivity contribution in [3.8, 4) is 0 Å². The number of nitrogen functional groups attached to an aromatic ring is 1. The lowest BCUT2D eigenvalue weighted by molar-refractivity contribution is 0.104. The second-order valence-corrected chi connectivity index (χ2v) is 6.39. The molecule has 0 radical (unpaired) electrons. The van der Waals surface area contributed by atoms with E-state index >= 15 is 0 Å². The molecular formula is C23H15NO. The lowest BCUT2D eigenvalue weighted by atomic mass is 9.88. The minimum atomic E-state index is -0.0314. The van der Waals surface area contributed by atoms with Gasteiger partial charge >= 0.3 is 0 Å². The molecule has 0 aromatic heterocycles. The third kappa shape index (κ3) is 1.94. The van der Waals surface area contributed by atoms with E-state index in [-0.39, 0.29) is 5.78 Å². The Bertz CT molecular complexity index is 1240. The predicted molar refractivity (Wildman–Crippen MR) is 104 cm³/mol. The quantitative estimate of drug-likeness (QED) is 0.269. The zero-order valence-corrected chi connectivity index (χ0v) is 13.5. The van der Waals surface area contributed by atoms with E-state index in [2.05, 4.69) is 36.4 Å². The molecule has 0 fully saturated rings. The van der Waals surface area contributed by atoms with E-state index in [9.17, 15) is 4.79 Å². The maximum atomic E-state index is 13.1. The Morgan fingerprint density at radius 1 is 0.680 bits per heavy atom. The number of rotatable bonds is 2. The highest BCUT2D eigenvalue weighted by molar-refractivity contribution is 6.30. The Kier molecular flexibility index (Phi) is 2.83.